The van der Waals surface area contributed by atoms with Crippen LogP contribution in [-0.2, 0) is 11.2 Å². The van der Waals surface area contributed by atoms with Gasteiger partial charge in [0.15, 0.2) is 0 Å². The molecule has 1 amide bonds. The molecular formula is C16H22FNO2. The van der Waals surface area contributed by atoms with Crippen molar-refractivity contribution in [2.45, 2.75) is 50.5 Å². The second-order valence-electron chi connectivity index (χ2n) is 5.65. The first-order chi connectivity index (χ1) is 9.59. The van der Waals surface area contributed by atoms with Gasteiger partial charge in [-0.2, -0.15) is 0 Å². The van der Waals surface area contributed by atoms with E-state index in [-0.39, 0.29) is 18.1 Å². The standard InChI is InChI=1S/C16H22FNO2/c17-14-7-3-2-6-13(14)8-9-15(19)18-12-16(20)10-4-1-5-11-16/h2-3,6-7,20H,1,4-5,8-12H2,(H,18,19). The molecule has 0 bridgehead atoms. The van der Waals surface area contributed by atoms with E-state index in [0.717, 1.165) is 32.1 Å². The summed E-state index contributed by atoms with van der Waals surface area (Å²) in [6, 6.07) is 6.49. The lowest BCUT2D eigenvalue weighted by atomic mass is 9.85. The molecule has 110 valence electrons. The summed E-state index contributed by atoms with van der Waals surface area (Å²) in [6.45, 7) is 0.309. The number of hydrogen-bond donors (Lipinski definition) is 2. The van der Waals surface area contributed by atoms with Crippen LogP contribution >= 0.6 is 0 Å². The monoisotopic (exact) mass is 279 g/mol. The van der Waals surface area contributed by atoms with Gasteiger partial charge in [-0.05, 0) is 30.9 Å². The molecule has 4 heteroatoms. The third-order valence-electron chi connectivity index (χ3n) is 3.98. The van der Waals surface area contributed by atoms with Gasteiger partial charge in [-0.15, -0.1) is 0 Å². The molecular weight excluding hydrogens is 257 g/mol. The van der Waals surface area contributed by atoms with Gasteiger partial charge in [0.1, 0.15) is 5.82 Å². The number of rotatable bonds is 5. The summed E-state index contributed by atoms with van der Waals surface area (Å²) in [5, 5.41) is 13.0. The normalized spacial score (nSPS) is 17.7. The number of aryl methyl sites for hydroxylation is 1. The van der Waals surface area contributed by atoms with Crippen LogP contribution in [-0.4, -0.2) is 23.2 Å². The highest BCUT2D eigenvalue weighted by atomic mass is 19.1. The van der Waals surface area contributed by atoms with Crippen molar-refractivity contribution < 1.29 is 14.3 Å². The molecule has 1 aliphatic rings. The van der Waals surface area contributed by atoms with Gasteiger partial charge in [-0.1, -0.05) is 37.5 Å². The first-order valence-corrected chi connectivity index (χ1v) is 7.32. The fraction of sp³-hybridized carbons (Fsp3) is 0.562. The Morgan fingerprint density at radius 2 is 1.95 bits per heavy atom. The Bertz CT molecular complexity index is 456. The van der Waals surface area contributed by atoms with Gasteiger partial charge in [-0.25, -0.2) is 4.39 Å². The van der Waals surface area contributed by atoms with Gasteiger partial charge in [0, 0.05) is 13.0 Å². The molecule has 1 fully saturated rings. The van der Waals surface area contributed by atoms with E-state index in [0.29, 0.717) is 18.5 Å². The number of halogens is 1. The summed E-state index contributed by atoms with van der Waals surface area (Å²) in [5.41, 5.74) is -0.189. The summed E-state index contributed by atoms with van der Waals surface area (Å²) >= 11 is 0. The van der Waals surface area contributed by atoms with Gasteiger partial charge in [0.25, 0.3) is 0 Å². The maximum atomic E-state index is 13.4. The van der Waals surface area contributed by atoms with Crippen molar-refractivity contribution in [3.8, 4) is 0 Å². The molecule has 0 atom stereocenters. The fourth-order valence-electron chi connectivity index (χ4n) is 2.69. The number of nitrogens with one attached hydrogen (secondary N) is 1. The fourth-order valence-corrected chi connectivity index (χ4v) is 2.69. The van der Waals surface area contributed by atoms with Crippen LogP contribution in [0.1, 0.15) is 44.1 Å². The molecule has 20 heavy (non-hydrogen) atoms. The van der Waals surface area contributed by atoms with Crippen LogP contribution in [0.15, 0.2) is 24.3 Å². The van der Waals surface area contributed by atoms with Gasteiger partial charge in [0.2, 0.25) is 5.91 Å². The van der Waals surface area contributed by atoms with Crippen molar-refractivity contribution in [3.63, 3.8) is 0 Å². The van der Waals surface area contributed by atoms with Crippen LogP contribution in [0.4, 0.5) is 4.39 Å². The lowest BCUT2D eigenvalue weighted by Gasteiger charge is -2.32. The molecule has 0 heterocycles. The molecule has 2 rings (SSSR count). The van der Waals surface area contributed by atoms with Crippen molar-refractivity contribution in [2.24, 2.45) is 0 Å². The van der Waals surface area contributed by atoms with Crippen molar-refractivity contribution in [1.29, 1.82) is 0 Å². The van der Waals surface area contributed by atoms with Crippen molar-refractivity contribution >= 4 is 5.91 Å². The highest BCUT2D eigenvalue weighted by molar-refractivity contribution is 5.76. The average Bonchev–Trinajstić information content (AvgIpc) is 2.45. The molecule has 1 aromatic rings. The van der Waals surface area contributed by atoms with Crippen LogP contribution in [0, 0.1) is 5.82 Å². The van der Waals surface area contributed by atoms with Gasteiger partial charge in [-0.3, -0.25) is 4.79 Å². The van der Waals surface area contributed by atoms with Crippen molar-refractivity contribution in [3.05, 3.63) is 35.6 Å². The Morgan fingerprint density at radius 3 is 2.65 bits per heavy atom. The second kappa shape index (κ2) is 6.84. The smallest absolute Gasteiger partial charge is 0.220 e. The molecule has 1 saturated carbocycles. The Hall–Kier alpha value is -1.42. The number of amides is 1. The molecule has 0 spiro atoms. The van der Waals surface area contributed by atoms with E-state index in [2.05, 4.69) is 5.32 Å². The lowest BCUT2D eigenvalue weighted by Crippen LogP contribution is -2.44. The van der Waals surface area contributed by atoms with Crippen molar-refractivity contribution in [2.75, 3.05) is 6.54 Å². The number of benzene rings is 1. The first-order valence-electron chi connectivity index (χ1n) is 7.32. The topological polar surface area (TPSA) is 49.3 Å². The minimum atomic E-state index is -0.744. The van der Waals surface area contributed by atoms with E-state index in [1.165, 1.54) is 6.07 Å². The van der Waals surface area contributed by atoms with E-state index in [9.17, 15) is 14.3 Å². The predicted molar refractivity (Wildman–Crippen MR) is 75.8 cm³/mol. The number of carbonyl (C=O) groups is 1. The predicted octanol–water partition coefficient (Wildman–Crippen LogP) is 2.57. The van der Waals surface area contributed by atoms with Crippen molar-refractivity contribution in [1.82, 2.24) is 5.32 Å². The zero-order valence-corrected chi connectivity index (χ0v) is 11.7. The molecule has 2 N–H and O–H groups in total. The maximum absolute atomic E-state index is 13.4. The summed E-state index contributed by atoms with van der Waals surface area (Å²) in [5.74, 6) is -0.404. The molecule has 0 unspecified atom stereocenters. The lowest BCUT2D eigenvalue weighted by molar-refractivity contribution is -0.122. The minimum Gasteiger partial charge on any atom is -0.388 e. The van der Waals surface area contributed by atoms with Gasteiger partial charge >= 0.3 is 0 Å². The molecule has 0 aromatic heterocycles. The molecule has 3 nitrogen and oxygen atoms in total. The van der Waals surface area contributed by atoms with Crippen LogP contribution in [0.25, 0.3) is 0 Å². The Labute approximate surface area is 119 Å². The summed E-state index contributed by atoms with van der Waals surface area (Å²) < 4.78 is 13.4. The molecule has 1 aliphatic carbocycles. The average molecular weight is 279 g/mol. The largest absolute Gasteiger partial charge is 0.388 e. The molecule has 1 aromatic carbocycles. The quantitative estimate of drug-likeness (QED) is 0.870. The first kappa shape index (κ1) is 15.0. The highest BCUT2D eigenvalue weighted by Crippen LogP contribution is 2.27. The van der Waals surface area contributed by atoms with Crippen LogP contribution in [0.3, 0.4) is 0 Å². The number of hydrogen-bond acceptors (Lipinski definition) is 2. The molecule has 0 saturated heterocycles. The summed E-state index contributed by atoms with van der Waals surface area (Å²) in [7, 11) is 0. The van der Waals surface area contributed by atoms with E-state index in [1.807, 2.05) is 0 Å². The maximum Gasteiger partial charge on any atom is 0.220 e. The third-order valence-corrected chi connectivity index (χ3v) is 3.98. The number of carbonyl (C=O) groups excluding carboxylic acids is 1. The SMILES string of the molecule is O=C(CCc1ccccc1F)NCC1(O)CCCCC1. The Balaban J connectivity index is 1.74. The molecule has 0 radical (unpaired) electrons. The van der Waals surface area contributed by atoms with Crippen LogP contribution in [0.5, 0.6) is 0 Å². The summed E-state index contributed by atoms with van der Waals surface area (Å²) in [4.78, 5) is 11.8. The van der Waals surface area contributed by atoms with Gasteiger partial charge < -0.3 is 10.4 Å². The number of aliphatic hydroxyl groups is 1. The minimum absolute atomic E-state index is 0.132. The van der Waals surface area contributed by atoms with E-state index in [4.69, 9.17) is 0 Å². The Kier molecular flexibility index (Phi) is 5.12. The second-order valence-corrected chi connectivity index (χ2v) is 5.65. The Morgan fingerprint density at radius 1 is 1.25 bits per heavy atom. The summed E-state index contributed by atoms with van der Waals surface area (Å²) in [6.07, 6.45) is 5.32. The van der Waals surface area contributed by atoms with E-state index >= 15 is 0 Å². The van der Waals surface area contributed by atoms with E-state index in [1.54, 1.807) is 18.2 Å². The molecule has 0 aliphatic heterocycles. The van der Waals surface area contributed by atoms with Crippen LogP contribution in [0.2, 0.25) is 0 Å². The van der Waals surface area contributed by atoms with Crippen LogP contribution < -0.4 is 5.32 Å². The zero-order chi connectivity index (χ0) is 14.4. The highest BCUT2D eigenvalue weighted by Gasteiger charge is 2.29. The third kappa shape index (κ3) is 4.30. The zero-order valence-electron chi connectivity index (χ0n) is 11.7. The van der Waals surface area contributed by atoms with Gasteiger partial charge in [0.05, 0.1) is 5.60 Å². The van der Waals surface area contributed by atoms with E-state index < -0.39 is 5.60 Å².